The van der Waals surface area contributed by atoms with E-state index in [1.807, 2.05) is 182 Å². The highest BCUT2D eigenvalue weighted by molar-refractivity contribution is 7.85. The lowest BCUT2D eigenvalue weighted by Gasteiger charge is -2.20. The SMILES string of the molecule is O=P(c1ccccc1)(c1ccccc1)c1ccc(-c2ccc(-c3ccc(-c4nc5ccccc5c5c4ccc4ccccc45)cc3)cc2)cc1.O=P(c1ccccc1)(c1ccccc1)c1ccc(-c2ccc(-c3nc4ccccc4c4c3ccc3ccccc34)cc2)cc1.c1ccc(-c2cc(-c3ccccc3)nc(-c3ccc(-c4cccc(-c5ccc(-c6nc7ccccc7c7c6ccc6ccccc67)cc5)c4)cc3)n2)cc1. The second-order valence-corrected chi connectivity index (χ2v) is 42.9. The summed E-state index contributed by atoms with van der Waals surface area (Å²) in [4.78, 5) is 25.5. The van der Waals surface area contributed by atoms with Crippen LogP contribution in [0.15, 0.2) is 564 Å². The van der Waals surface area contributed by atoms with E-state index >= 15 is 0 Å². The van der Waals surface area contributed by atoms with Gasteiger partial charge in [0, 0.05) is 114 Å². The molecule has 0 saturated carbocycles. The van der Waals surface area contributed by atoms with Crippen LogP contribution in [0.25, 0.3) is 221 Å². The van der Waals surface area contributed by atoms with Gasteiger partial charge >= 0.3 is 0 Å². The van der Waals surface area contributed by atoms with E-state index in [1.54, 1.807) is 0 Å². The summed E-state index contributed by atoms with van der Waals surface area (Å²) in [6.07, 6.45) is 0. The van der Waals surface area contributed by atoms with Crippen molar-refractivity contribution < 1.29 is 9.13 Å². The predicted molar refractivity (Wildman–Crippen MR) is 624 cm³/mol. The zero-order valence-electron chi connectivity index (χ0n) is 80.6. The Bertz CT molecular complexity index is 9570. The van der Waals surface area contributed by atoms with E-state index in [9.17, 15) is 9.13 Å². The fraction of sp³-hybridized carbons (Fsp3) is 0. The molecule has 0 spiro atoms. The summed E-state index contributed by atoms with van der Waals surface area (Å²) in [5.74, 6) is 0.706. The van der Waals surface area contributed by atoms with Crippen LogP contribution in [0.2, 0.25) is 0 Å². The smallest absolute Gasteiger partial charge is 0.171 e. The molecule has 148 heavy (non-hydrogen) atoms. The van der Waals surface area contributed by atoms with Gasteiger partial charge in [-0.15, -0.1) is 0 Å². The third-order valence-electron chi connectivity index (χ3n) is 28.6. The average Bonchev–Trinajstić information content (AvgIpc) is 0.745. The van der Waals surface area contributed by atoms with Crippen molar-refractivity contribution in [2.24, 2.45) is 0 Å². The summed E-state index contributed by atoms with van der Waals surface area (Å²) in [6, 6.07) is 195. The third kappa shape index (κ3) is 17.4. The molecular formula is C139H93N5O2P2. The van der Waals surface area contributed by atoms with E-state index < -0.39 is 14.3 Å². The molecule has 27 rings (SSSR count). The molecule has 4 aromatic heterocycles. The van der Waals surface area contributed by atoms with Crippen molar-refractivity contribution in [1.29, 1.82) is 0 Å². The van der Waals surface area contributed by atoms with Crippen LogP contribution in [0.3, 0.4) is 0 Å². The molecule has 0 aliphatic carbocycles. The van der Waals surface area contributed by atoms with Crippen LogP contribution in [0.4, 0.5) is 0 Å². The normalized spacial score (nSPS) is 11.6. The van der Waals surface area contributed by atoms with E-state index in [-0.39, 0.29) is 0 Å². The largest absolute Gasteiger partial charge is 0.309 e. The quantitative estimate of drug-likeness (QED) is 0.0661. The number of hydrogen-bond donors (Lipinski definition) is 0. The first-order chi connectivity index (χ1) is 73.1. The standard InChI is InChI=1S/C51H33N3.C47H32NOP.C41H28NOP/c1-3-13-37(14-4-1)47-33-48(38-15-5-2-6-16-38)54-51(53-47)40-28-24-35(25-29-40)42-18-11-17-41(32-42)34-22-26-39(27-23-34)50-45-31-30-36-12-7-8-19-43(36)49(45)44-20-9-10-21-46(44)52-50;49-50(39-12-3-1-4-13-39,40-14-5-2-6-15-40)41-30-27-36(28-31-41)34-21-19-33(20-22-34)35-23-25-38(26-24-35)47-44-32-29-37-11-7-8-16-42(37)46(44)43-17-9-10-18-45(43)48-47;43-44(33-12-3-1-4-13-33,34-14-5-2-6-15-34)35-26-23-30(24-27-35)29-19-21-32(22-20-29)41-38-28-25-31-11-7-8-16-36(31)40(38)37-17-9-10-18-39(37)42-41/h1-33H;1-32H;1-28H. The van der Waals surface area contributed by atoms with Crippen LogP contribution in [-0.2, 0) is 9.13 Å². The van der Waals surface area contributed by atoms with Gasteiger partial charge in [0.15, 0.2) is 20.1 Å². The van der Waals surface area contributed by atoms with Gasteiger partial charge in [0.2, 0.25) is 0 Å². The minimum absolute atomic E-state index is 0.706. The fourth-order valence-electron chi connectivity index (χ4n) is 21.1. The second kappa shape index (κ2) is 39.6. The summed E-state index contributed by atoms with van der Waals surface area (Å²) in [5, 5.41) is 23.2. The van der Waals surface area contributed by atoms with Crippen LogP contribution in [0.1, 0.15) is 0 Å². The van der Waals surface area contributed by atoms with Crippen molar-refractivity contribution in [1.82, 2.24) is 24.9 Å². The highest BCUT2D eigenvalue weighted by Crippen LogP contribution is 2.48. The zero-order valence-corrected chi connectivity index (χ0v) is 82.4. The van der Waals surface area contributed by atoms with E-state index in [0.717, 1.165) is 177 Å². The Hall–Kier alpha value is -18.6. The van der Waals surface area contributed by atoms with E-state index in [1.165, 1.54) is 70.0 Å². The monoisotopic (exact) mass is 1930 g/mol. The molecule has 4 heterocycles. The minimum Gasteiger partial charge on any atom is -0.309 e. The number of para-hydroxylation sites is 3. The molecule has 0 bridgehead atoms. The molecule has 27 aromatic rings. The molecule has 0 aliphatic heterocycles. The van der Waals surface area contributed by atoms with Crippen LogP contribution >= 0.6 is 14.3 Å². The first kappa shape index (κ1) is 90.7. The lowest BCUT2D eigenvalue weighted by atomic mass is 9.94. The Morgan fingerprint density at radius 3 is 0.642 bits per heavy atom. The molecule has 9 heteroatoms. The Kier molecular flexibility index (Phi) is 24.3. The zero-order chi connectivity index (χ0) is 98.9. The molecule has 0 fully saturated rings. The number of nitrogens with zero attached hydrogens (tertiary/aromatic N) is 5. The fourth-order valence-corrected chi connectivity index (χ4v) is 26.4. The Balaban J connectivity index is 0.000000116. The highest BCUT2D eigenvalue weighted by Gasteiger charge is 2.32. The molecule has 0 unspecified atom stereocenters. The van der Waals surface area contributed by atoms with Crippen molar-refractivity contribution in [2.45, 2.75) is 0 Å². The molecule has 0 radical (unpaired) electrons. The number of benzene rings is 23. The third-order valence-corrected chi connectivity index (χ3v) is 34.8. The van der Waals surface area contributed by atoms with Crippen LogP contribution < -0.4 is 31.8 Å². The topological polar surface area (TPSA) is 98.6 Å². The second-order valence-electron chi connectivity index (χ2n) is 37.4. The maximum absolute atomic E-state index is 14.8. The van der Waals surface area contributed by atoms with Crippen molar-refractivity contribution in [3.05, 3.63) is 564 Å². The van der Waals surface area contributed by atoms with E-state index in [0.29, 0.717) is 5.82 Å². The molecule has 0 N–H and O–H groups in total. The van der Waals surface area contributed by atoms with Gasteiger partial charge in [0.1, 0.15) is 0 Å². The molecule has 0 aliphatic rings. The first-order valence-electron chi connectivity index (χ1n) is 50.0. The highest BCUT2D eigenvalue weighted by atomic mass is 31.2. The molecule has 0 saturated heterocycles. The molecule has 0 amide bonds. The molecule has 696 valence electrons. The minimum atomic E-state index is -3.01. The summed E-state index contributed by atoms with van der Waals surface area (Å²) < 4.78 is 29.5. The van der Waals surface area contributed by atoms with Gasteiger partial charge in [0.25, 0.3) is 0 Å². The molecular weight excluding hydrogens is 1830 g/mol. The summed E-state index contributed by atoms with van der Waals surface area (Å²) in [6.45, 7) is 0. The Labute approximate surface area is 858 Å². The van der Waals surface area contributed by atoms with Gasteiger partial charge in [0.05, 0.1) is 45.0 Å². The Morgan fingerprint density at radius 1 is 0.135 bits per heavy atom. The predicted octanol–water partition coefficient (Wildman–Crippen LogP) is 34.0. The van der Waals surface area contributed by atoms with Crippen LogP contribution in [0.5, 0.6) is 0 Å². The van der Waals surface area contributed by atoms with Gasteiger partial charge in [-0.3, -0.25) is 0 Å². The van der Waals surface area contributed by atoms with Gasteiger partial charge < -0.3 is 9.13 Å². The van der Waals surface area contributed by atoms with E-state index in [2.05, 4.69) is 382 Å². The number of fused-ring (bicyclic) bond motifs is 15. The van der Waals surface area contributed by atoms with Crippen LogP contribution in [-0.4, -0.2) is 24.9 Å². The van der Waals surface area contributed by atoms with Gasteiger partial charge in [-0.1, -0.05) is 534 Å². The van der Waals surface area contributed by atoms with Gasteiger partial charge in [-0.25, -0.2) is 24.9 Å². The lowest BCUT2D eigenvalue weighted by Crippen LogP contribution is -2.24. The number of hydrogen-bond acceptors (Lipinski definition) is 7. The van der Waals surface area contributed by atoms with Crippen molar-refractivity contribution >= 4 is 143 Å². The molecule has 0 atom stereocenters. The van der Waals surface area contributed by atoms with Crippen molar-refractivity contribution in [2.75, 3.05) is 0 Å². The average molecular weight is 1930 g/mol. The summed E-state index contributed by atoms with van der Waals surface area (Å²) >= 11 is 0. The maximum Gasteiger partial charge on any atom is 0.171 e. The summed E-state index contributed by atoms with van der Waals surface area (Å²) in [5.41, 5.74) is 25.5. The lowest BCUT2D eigenvalue weighted by molar-refractivity contribution is 0.591. The molecule has 23 aromatic carbocycles. The van der Waals surface area contributed by atoms with Gasteiger partial charge in [-0.2, -0.15) is 0 Å². The van der Waals surface area contributed by atoms with Crippen LogP contribution in [0, 0.1) is 0 Å². The van der Waals surface area contributed by atoms with Crippen molar-refractivity contribution in [3.63, 3.8) is 0 Å². The Morgan fingerprint density at radius 2 is 0.351 bits per heavy atom. The number of aromatic nitrogens is 5. The number of pyridine rings is 3. The first-order valence-corrected chi connectivity index (χ1v) is 53.4. The summed E-state index contributed by atoms with van der Waals surface area (Å²) in [7, 11) is -6.01. The maximum atomic E-state index is 14.8. The number of rotatable bonds is 17. The van der Waals surface area contributed by atoms with Crippen molar-refractivity contribution in [3.8, 4) is 123 Å². The van der Waals surface area contributed by atoms with Gasteiger partial charge in [-0.05, 0) is 118 Å². The van der Waals surface area contributed by atoms with E-state index in [4.69, 9.17) is 24.9 Å². The molecule has 7 nitrogen and oxygen atoms in total.